The molecule has 0 aliphatic rings. The Morgan fingerprint density at radius 3 is 2.62 bits per heavy atom. The van der Waals surface area contributed by atoms with E-state index < -0.39 is 17.5 Å². The molecule has 0 saturated carbocycles. The molecule has 0 atom stereocenters. The standard InChI is InChI=1S/C17H14FN3O3/c1-11-4-2-3-5-14(11)19-15(22)10-21-17(23)24-16(20-21)12-6-8-13(18)9-7-12/h2-9H,10H2,1H3,(H,19,22). The van der Waals surface area contributed by atoms with Gasteiger partial charge in [-0.2, -0.15) is 4.68 Å². The van der Waals surface area contributed by atoms with E-state index in [-0.39, 0.29) is 12.4 Å². The molecule has 0 spiro atoms. The van der Waals surface area contributed by atoms with Gasteiger partial charge in [0.25, 0.3) is 0 Å². The van der Waals surface area contributed by atoms with Crippen LogP contribution in [0.5, 0.6) is 0 Å². The first-order valence-electron chi connectivity index (χ1n) is 7.22. The molecule has 1 amide bonds. The molecule has 3 rings (SSSR count). The van der Waals surface area contributed by atoms with E-state index in [2.05, 4.69) is 10.4 Å². The summed E-state index contributed by atoms with van der Waals surface area (Å²) >= 11 is 0. The quantitative estimate of drug-likeness (QED) is 0.799. The molecule has 1 N–H and O–H groups in total. The summed E-state index contributed by atoms with van der Waals surface area (Å²) in [6.45, 7) is 1.59. The predicted octanol–water partition coefficient (Wildman–Crippen LogP) is 2.59. The predicted molar refractivity (Wildman–Crippen MR) is 86.0 cm³/mol. The normalized spacial score (nSPS) is 10.6. The van der Waals surface area contributed by atoms with E-state index in [1.54, 1.807) is 12.1 Å². The highest BCUT2D eigenvalue weighted by Crippen LogP contribution is 2.16. The molecule has 122 valence electrons. The van der Waals surface area contributed by atoms with Crippen LogP contribution in [0.2, 0.25) is 0 Å². The number of aromatic nitrogens is 2. The summed E-state index contributed by atoms with van der Waals surface area (Å²) < 4.78 is 18.9. The lowest BCUT2D eigenvalue weighted by atomic mass is 10.2. The zero-order chi connectivity index (χ0) is 17.1. The molecule has 3 aromatic rings. The first kappa shape index (κ1) is 15.7. The van der Waals surface area contributed by atoms with Crippen molar-refractivity contribution in [3.8, 4) is 11.5 Å². The fraction of sp³-hybridized carbons (Fsp3) is 0.118. The molecular formula is C17H14FN3O3. The second-order valence-electron chi connectivity index (χ2n) is 5.20. The first-order valence-corrected chi connectivity index (χ1v) is 7.22. The monoisotopic (exact) mass is 327 g/mol. The Kier molecular flexibility index (Phi) is 4.24. The van der Waals surface area contributed by atoms with Crippen LogP contribution in [0, 0.1) is 12.7 Å². The van der Waals surface area contributed by atoms with E-state index in [9.17, 15) is 14.0 Å². The molecule has 2 aromatic carbocycles. The molecule has 1 aromatic heterocycles. The number of benzene rings is 2. The Bertz CT molecular complexity index is 929. The molecule has 6 nitrogen and oxygen atoms in total. The second-order valence-corrected chi connectivity index (χ2v) is 5.20. The summed E-state index contributed by atoms with van der Waals surface area (Å²) in [5.41, 5.74) is 2.02. The Morgan fingerprint density at radius 2 is 1.92 bits per heavy atom. The van der Waals surface area contributed by atoms with Gasteiger partial charge in [0, 0.05) is 11.3 Å². The van der Waals surface area contributed by atoms with Crippen molar-refractivity contribution in [3.63, 3.8) is 0 Å². The number of amides is 1. The SMILES string of the molecule is Cc1ccccc1NC(=O)Cn1nc(-c2ccc(F)cc2)oc1=O. The zero-order valence-corrected chi connectivity index (χ0v) is 12.8. The van der Waals surface area contributed by atoms with Gasteiger partial charge in [-0.05, 0) is 42.8 Å². The van der Waals surface area contributed by atoms with Crippen LogP contribution in [-0.2, 0) is 11.3 Å². The summed E-state index contributed by atoms with van der Waals surface area (Å²) in [6.07, 6.45) is 0. The molecule has 24 heavy (non-hydrogen) atoms. The number of aryl methyl sites for hydroxylation is 1. The van der Waals surface area contributed by atoms with Gasteiger partial charge in [-0.15, -0.1) is 5.10 Å². The van der Waals surface area contributed by atoms with E-state index >= 15 is 0 Å². The highest BCUT2D eigenvalue weighted by molar-refractivity contribution is 5.91. The molecule has 0 unspecified atom stereocenters. The topological polar surface area (TPSA) is 77.1 Å². The third kappa shape index (κ3) is 3.40. The largest absolute Gasteiger partial charge is 0.437 e. The summed E-state index contributed by atoms with van der Waals surface area (Å²) in [5.74, 6) is -1.53. The van der Waals surface area contributed by atoms with Crippen LogP contribution < -0.4 is 11.1 Å². The van der Waals surface area contributed by atoms with E-state index in [4.69, 9.17) is 4.42 Å². The van der Waals surface area contributed by atoms with Crippen molar-refractivity contribution in [1.82, 2.24) is 9.78 Å². The van der Waals surface area contributed by atoms with Gasteiger partial charge in [-0.1, -0.05) is 18.2 Å². The lowest BCUT2D eigenvalue weighted by Crippen LogP contribution is -2.26. The number of carbonyl (C=O) groups excluding carboxylic acids is 1. The van der Waals surface area contributed by atoms with Crippen molar-refractivity contribution in [3.05, 3.63) is 70.5 Å². The average Bonchev–Trinajstić information content (AvgIpc) is 2.91. The molecule has 0 aliphatic heterocycles. The molecule has 0 aliphatic carbocycles. The number of carbonyl (C=O) groups is 1. The molecule has 7 heteroatoms. The molecule has 0 fully saturated rings. The highest BCUT2D eigenvalue weighted by Gasteiger charge is 2.14. The highest BCUT2D eigenvalue weighted by atomic mass is 19.1. The van der Waals surface area contributed by atoms with Crippen molar-refractivity contribution in [2.45, 2.75) is 13.5 Å². The van der Waals surface area contributed by atoms with Crippen LogP contribution in [0.3, 0.4) is 0 Å². The number of hydrogen-bond donors (Lipinski definition) is 1. The minimum Gasteiger partial charge on any atom is -0.388 e. The van der Waals surface area contributed by atoms with Gasteiger partial charge >= 0.3 is 5.76 Å². The van der Waals surface area contributed by atoms with Gasteiger partial charge in [0.1, 0.15) is 12.4 Å². The number of nitrogens with one attached hydrogen (secondary N) is 1. The lowest BCUT2D eigenvalue weighted by Gasteiger charge is -2.07. The van der Waals surface area contributed by atoms with E-state index in [1.165, 1.54) is 24.3 Å². The number of nitrogens with zero attached hydrogens (tertiary/aromatic N) is 2. The fourth-order valence-electron chi connectivity index (χ4n) is 2.15. The Labute approximate surface area is 136 Å². The van der Waals surface area contributed by atoms with Crippen LogP contribution in [0.1, 0.15) is 5.56 Å². The summed E-state index contributed by atoms with van der Waals surface area (Å²) in [6, 6.07) is 12.7. The van der Waals surface area contributed by atoms with Gasteiger partial charge in [-0.3, -0.25) is 4.79 Å². The smallest absolute Gasteiger partial charge is 0.388 e. The van der Waals surface area contributed by atoms with Gasteiger partial charge < -0.3 is 9.73 Å². The fourth-order valence-corrected chi connectivity index (χ4v) is 2.15. The van der Waals surface area contributed by atoms with E-state index in [0.29, 0.717) is 11.3 Å². The third-order valence-electron chi connectivity index (χ3n) is 3.41. The van der Waals surface area contributed by atoms with Crippen LogP contribution in [0.15, 0.2) is 57.7 Å². The lowest BCUT2D eigenvalue weighted by molar-refractivity contribution is -0.117. The minimum atomic E-state index is -0.755. The maximum absolute atomic E-state index is 12.9. The zero-order valence-electron chi connectivity index (χ0n) is 12.8. The van der Waals surface area contributed by atoms with Crippen molar-refractivity contribution < 1.29 is 13.6 Å². The molecule has 0 radical (unpaired) electrons. The number of para-hydroxylation sites is 1. The van der Waals surface area contributed by atoms with Crippen molar-refractivity contribution in [2.75, 3.05) is 5.32 Å². The van der Waals surface area contributed by atoms with Gasteiger partial charge in [0.05, 0.1) is 0 Å². The van der Waals surface area contributed by atoms with Crippen LogP contribution in [0.4, 0.5) is 10.1 Å². The number of anilines is 1. The van der Waals surface area contributed by atoms with Crippen LogP contribution >= 0.6 is 0 Å². The van der Waals surface area contributed by atoms with Crippen LogP contribution in [0.25, 0.3) is 11.5 Å². The summed E-state index contributed by atoms with van der Waals surface area (Å²) in [7, 11) is 0. The van der Waals surface area contributed by atoms with Crippen molar-refractivity contribution in [1.29, 1.82) is 0 Å². The van der Waals surface area contributed by atoms with Crippen molar-refractivity contribution >= 4 is 11.6 Å². The van der Waals surface area contributed by atoms with Gasteiger partial charge in [0.2, 0.25) is 11.8 Å². The number of rotatable bonds is 4. The average molecular weight is 327 g/mol. The molecule has 0 bridgehead atoms. The molecule has 1 heterocycles. The molecule has 0 saturated heterocycles. The number of halogens is 1. The minimum absolute atomic E-state index is 0.0312. The Balaban J connectivity index is 1.76. The summed E-state index contributed by atoms with van der Waals surface area (Å²) in [5, 5.41) is 6.68. The van der Waals surface area contributed by atoms with Gasteiger partial charge in [-0.25, -0.2) is 9.18 Å². The first-order chi connectivity index (χ1) is 11.5. The summed E-state index contributed by atoms with van der Waals surface area (Å²) in [4.78, 5) is 23.9. The maximum Gasteiger partial charge on any atom is 0.437 e. The second kappa shape index (κ2) is 6.49. The Hall–Kier alpha value is -3.22. The Morgan fingerprint density at radius 1 is 1.21 bits per heavy atom. The van der Waals surface area contributed by atoms with E-state index in [0.717, 1.165) is 10.2 Å². The van der Waals surface area contributed by atoms with Crippen molar-refractivity contribution in [2.24, 2.45) is 0 Å². The molecular weight excluding hydrogens is 313 g/mol. The van der Waals surface area contributed by atoms with Crippen LogP contribution in [-0.4, -0.2) is 15.7 Å². The third-order valence-corrected chi connectivity index (χ3v) is 3.41. The van der Waals surface area contributed by atoms with E-state index in [1.807, 2.05) is 19.1 Å². The maximum atomic E-state index is 12.9. The van der Waals surface area contributed by atoms with Gasteiger partial charge in [0.15, 0.2) is 0 Å². The number of hydrogen-bond acceptors (Lipinski definition) is 4.